The highest BCUT2D eigenvalue weighted by Crippen LogP contribution is 2.15. The van der Waals surface area contributed by atoms with Gasteiger partial charge in [0.15, 0.2) is 5.82 Å². The molecule has 0 unspecified atom stereocenters. The Bertz CT molecular complexity index is 985. The number of amides is 1. The van der Waals surface area contributed by atoms with Crippen LogP contribution in [0, 0.1) is 13.8 Å². The summed E-state index contributed by atoms with van der Waals surface area (Å²) in [5, 5.41) is 12.9. The van der Waals surface area contributed by atoms with Gasteiger partial charge in [-0.3, -0.25) is 9.89 Å². The van der Waals surface area contributed by atoms with E-state index < -0.39 is 0 Å². The monoisotopic (exact) mass is 410 g/mol. The maximum Gasteiger partial charge on any atom is 0.321 e. The number of nitrogens with zero attached hydrogens (tertiary/aromatic N) is 5. The van der Waals surface area contributed by atoms with Gasteiger partial charge in [-0.1, -0.05) is 17.7 Å². The number of likely N-dealkylation sites (N-methyl/N-ethyl adjacent to an activating group) is 1. The van der Waals surface area contributed by atoms with Crippen molar-refractivity contribution in [2.24, 2.45) is 0 Å². The highest BCUT2D eigenvalue weighted by molar-refractivity contribution is 5.92. The quantitative estimate of drug-likeness (QED) is 0.490. The molecule has 10 nitrogen and oxygen atoms in total. The van der Waals surface area contributed by atoms with Gasteiger partial charge < -0.3 is 20.3 Å². The lowest BCUT2D eigenvalue weighted by Crippen LogP contribution is -2.20. The lowest BCUT2D eigenvalue weighted by molar-refractivity contribution is -0.115. The molecule has 0 saturated carbocycles. The number of ether oxygens (including phenoxy) is 1. The van der Waals surface area contributed by atoms with Gasteiger partial charge in [-0.25, -0.2) is 0 Å². The lowest BCUT2D eigenvalue weighted by atomic mass is 10.2. The van der Waals surface area contributed by atoms with E-state index in [9.17, 15) is 4.79 Å². The SMILES string of the molecule is Cc1ccc(NC(=O)Cc2cc(Nc3nc(C)nc(OCCN(C)C)n3)n[nH]2)cc1. The summed E-state index contributed by atoms with van der Waals surface area (Å²) in [7, 11) is 3.93. The van der Waals surface area contributed by atoms with Gasteiger partial charge in [0.2, 0.25) is 11.9 Å². The zero-order chi connectivity index (χ0) is 21.5. The maximum absolute atomic E-state index is 12.2. The van der Waals surface area contributed by atoms with E-state index in [2.05, 4.69) is 35.8 Å². The van der Waals surface area contributed by atoms with Gasteiger partial charge in [-0.15, -0.1) is 0 Å². The second kappa shape index (κ2) is 9.79. The first-order chi connectivity index (χ1) is 14.4. The van der Waals surface area contributed by atoms with E-state index in [0.717, 1.165) is 17.8 Å². The fourth-order valence-corrected chi connectivity index (χ4v) is 2.54. The van der Waals surface area contributed by atoms with E-state index in [4.69, 9.17) is 4.74 Å². The third-order valence-corrected chi connectivity index (χ3v) is 4.05. The van der Waals surface area contributed by atoms with Crippen LogP contribution >= 0.6 is 0 Å². The van der Waals surface area contributed by atoms with Crippen molar-refractivity contribution in [3.63, 3.8) is 0 Å². The number of aromatic nitrogens is 5. The molecule has 0 spiro atoms. The highest BCUT2D eigenvalue weighted by Gasteiger charge is 2.10. The summed E-state index contributed by atoms with van der Waals surface area (Å²) >= 11 is 0. The number of rotatable bonds is 9. The van der Waals surface area contributed by atoms with Gasteiger partial charge in [0, 0.05) is 24.0 Å². The Morgan fingerprint density at radius 1 is 1.13 bits per heavy atom. The molecule has 2 heterocycles. The number of benzene rings is 1. The molecule has 0 bridgehead atoms. The van der Waals surface area contributed by atoms with Crippen molar-refractivity contribution < 1.29 is 9.53 Å². The molecule has 3 N–H and O–H groups in total. The number of carbonyl (C=O) groups is 1. The molecular formula is C20H26N8O2. The van der Waals surface area contributed by atoms with E-state index in [1.165, 1.54) is 0 Å². The Balaban J connectivity index is 1.57. The minimum atomic E-state index is -0.137. The molecule has 0 radical (unpaired) electrons. The van der Waals surface area contributed by atoms with Crippen LogP contribution in [0.3, 0.4) is 0 Å². The molecule has 1 aromatic carbocycles. The predicted molar refractivity (Wildman–Crippen MR) is 114 cm³/mol. The number of carbonyl (C=O) groups excluding carboxylic acids is 1. The first-order valence-electron chi connectivity index (χ1n) is 9.55. The van der Waals surface area contributed by atoms with Crippen LogP contribution in [0.2, 0.25) is 0 Å². The number of aromatic amines is 1. The van der Waals surface area contributed by atoms with Crippen LogP contribution in [0.15, 0.2) is 30.3 Å². The molecule has 0 aliphatic rings. The zero-order valence-electron chi connectivity index (χ0n) is 17.6. The summed E-state index contributed by atoms with van der Waals surface area (Å²) in [6.45, 7) is 4.98. The van der Waals surface area contributed by atoms with E-state index in [1.807, 2.05) is 50.2 Å². The molecule has 3 aromatic rings. The summed E-state index contributed by atoms with van der Waals surface area (Å²) in [5.41, 5.74) is 2.55. The van der Waals surface area contributed by atoms with Gasteiger partial charge >= 0.3 is 6.01 Å². The second-order valence-corrected chi connectivity index (χ2v) is 7.13. The molecule has 30 heavy (non-hydrogen) atoms. The molecule has 0 atom stereocenters. The van der Waals surface area contributed by atoms with Gasteiger partial charge in [0.1, 0.15) is 12.4 Å². The number of aryl methyl sites for hydroxylation is 2. The molecule has 0 aliphatic heterocycles. The maximum atomic E-state index is 12.2. The largest absolute Gasteiger partial charge is 0.462 e. The average Bonchev–Trinajstić information content (AvgIpc) is 3.09. The number of H-pyrrole nitrogens is 1. The highest BCUT2D eigenvalue weighted by atomic mass is 16.5. The second-order valence-electron chi connectivity index (χ2n) is 7.13. The van der Waals surface area contributed by atoms with Crippen molar-refractivity contribution in [3.05, 3.63) is 47.4 Å². The van der Waals surface area contributed by atoms with E-state index in [-0.39, 0.29) is 18.3 Å². The average molecular weight is 410 g/mol. The third kappa shape index (κ3) is 6.52. The molecule has 2 aromatic heterocycles. The topological polar surface area (TPSA) is 121 Å². The van der Waals surface area contributed by atoms with Crippen molar-refractivity contribution in [3.8, 4) is 6.01 Å². The minimum Gasteiger partial charge on any atom is -0.462 e. The van der Waals surface area contributed by atoms with Crippen molar-refractivity contribution in [2.75, 3.05) is 37.9 Å². The molecule has 0 saturated heterocycles. The smallest absolute Gasteiger partial charge is 0.321 e. The fraction of sp³-hybridized carbons (Fsp3) is 0.350. The molecule has 0 fully saturated rings. The first kappa shape index (κ1) is 21.2. The normalized spacial score (nSPS) is 10.8. The van der Waals surface area contributed by atoms with Crippen molar-refractivity contribution >= 4 is 23.4 Å². The minimum absolute atomic E-state index is 0.137. The van der Waals surface area contributed by atoms with Crippen molar-refractivity contribution in [1.29, 1.82) is 0 Å². The summed E-state index contributed by atoms with van der Waals surface area (Å²) < 4.78 is 5.57. The Labute approximate surface area is 175 Å². The van der Waals surface area contributed by atoms with Crippen LogP contribution in [0.4, 0.5) is 17.5 Å². The molecule has 0 aliphatic carbocycles. The molecular weight excluding hydrogens is 384 g/mol. The molecule has 1 amide bonds. The van der Waals surface area contributed by atoms with Crippen LogP contribution in [-0.2, 0) is 11.2 Å². The standard InChI is InChI=1S/C20H26N8O2/c1-13-5-7-15(8-6-13)23-18(29)12-16-11-17(27-26-16)24-19-21-14(2)22-20(25-19)30-10-9-28(3)4/h5-8,11H,9-10,12H2,1-4H3,(H,23,29)(H2,21,22,24,25,26,27). The third-order valence-electron chi connectivity index (χ3n) is 4.05. The van der Waals surface area contributed by atoms with Gasteiger partial charge in [-0.05, 0) is 40.1 Å². The molecule has 10 heteroatoms. The van der Waals surface area contributed by atoms with Crippen molar-refractivity contribution in [1.82, 2.24) is 30.0 Å². The lowest BCUT2D eigenvalue weighted by Gasteiger charge is -2.10. The number of anilines is 3. The number of hydrogen-bond acceptors (Lipinski definition) is 8. The first-order valence-corrected chi connectivity index (χ1v) is 9.55. The summed E-state index contributed by atoms with van der Waals surface area (Å²) in [6, 6.07) is 9.62. The van der Waals surface area contributed by atoms with Gasteiger partial charge in [0.05, 0.1) is 6.42 Å². The Morgan fingerprint density at radius 3 is 2.63 bits per heavy atom. The predicted octanol–water partition coefficient (Wildman–Crippen LogP) is 2.08. The number of nitrogens with one attached hydrogen (secondary N) is 3. The van der Waals surface area contributed by atoms with Crippen molar-refractivity contribution in [2.45, 2.75) is 20.3 Å². The van der Waals surface area contributed by atoms with Gasteiger partial charge in [0.25, 0.3) is 0 Å². The van der Waals surface area contributed by atoms with E-state index >= 15 is 0 Å². The summed E-state index contributed by atoms with van der Waals surface area (Å²) in [6.07, 6.45) is 0.164. The van der Waals surface area contributed by atoms with Crippen LogP contribution in [0.1, 0.15) is 17.1 Å². The Hall–Kier alpha value is -3.53. The van der Waals surface area contributed by atoms with Crippen LogP contribution in [0.25, 0.3) is 0 Å². The zero-order valence-corrected chi connectivity index (χ0v) is 17.6. The summed E-state index contributed by atoms with van der Waals surface area (Å²) in [5.74, 6) is 1.21. The van der Waals surface area contributed by atoms with E-state index in [0.29, 0.717) is 29.9 Å². The fourth-order valence-electron chi connectivity index (χ4n) is 2.54. The number of hydrogen-bond donors (Lipinski definition) is 3. The Morgan fingerprint density at radius 2 is 1.90 bits per heavy atom. The molecule has 3 rings (SSSR count). The molecule has 158 valence electrons. The summed E-state index contributed by atoms with van der Waals surface area (Å²) in [4.78, 5) is 26.9. The van der Waals surface area contributed by atoms with E-state index in [1.54, 1.807) is 13.0 Å². The van der Waals surface area contributed by atoms with Crippen LogP contribution < -0.4 is 15.4 Å². The van der Waals surface area contributed by atoms with Gasteiger partial charge in [-0.2, -0.15) is 20.1 Å². The van der Waals surface area contributed by atoms with Crippen LogP contribution in [0.5, 0.6) is 6.01 Å². The van der Waals surface area contributed by atoms with Crippen LogP contribution in [-0.4, -0.2) is 63.2 Å². The Kier molecular flexibility index (Phi) is 6.91.